The molecule has 0 saturated heterocycles. The Bertz CT molecular complexity index is 3410. The normalized spacial score (nSPS) is 11.4. The van der Waals surface area contributed by atoms with Crippen LogP contribution in [-0.2, 0) is 0 Å². The monoisotopic (exact) mass is 793 g/mol. The lowest BCUT2D eigenvalue weighted by Gasteiger charge is -2.28. The van der Waals surface area contributed by atoms with Gasteiger partial charge in [-0.25, -0.2) is 0 Å². The first-order valence-electron chi connectivity index (χ1n) is 21.3. The van der Waals surface area contributed by atoms with Crippen LogP contribution in [0.3, 0.4) is 0 Å². The van der Waals surface area contributed by atoms with Crippen molar-refractivity contribution in [3.05, 3.63) is 236 Å². The fourth-order valence-corrected chi connectivity index (χ4v) is 9.34. The van der Waals surface area contributed by atoms with Crippen LogP contribution in [0.25, 0.3) is 65.5 Å². The highest BCUT2D eigenvalue weighted by atomic mass is 15.2. The number of para-hydroxylation sites is 2. The highest BCUT2D eigenvalue weighted by Gasteiger charge is 2.23. The van der Waals surface area contributed by atoms with Gasteiger partial charge in [0.1, 0.15) is 0 Å². The average Bonchev–Trinajstić information content (AvgIpc) is 3.31. The largest absolute Gasteiger partial charge is 0.310 e. The summed E-state index contributed by atoms with van der Waals surface area (Å²) in [5.41, 5.74) is 14.4. The Labute approximate surface area is 362 Å². The number of nitrogens with zero attached hydrogens (tertiary/aromatic N) is 3. The smallest absolute Gasteiger partial charge is 0.0794 e. The van der Waals surface area contributed by atoms with Gasteiger partial charge in [-0.05, 0) is 130 Å². The fourth-order valence-electron chi connectivity index (χ4n) is 9.34. The number of aryl methyl sites for hydroxylation is 2. The Balaban J connectivity index is 1.22. The maximum atomic E-state index is 5.56. The van der Waals surface area contributed by atoms with Crippen LogP contribution in [-0.4, -0.2) is 4.98 Å². The van der Waals surface area contributed by atoms with Crippen molar-refractivity contribution in [3.63, 3.8) is 0 Å². The molecule has 0 bridgehead atoms. The molecule has 3 heteroatoms. The predicted octanol–water partition coefficient (Wildman–Crippen LogP) is 16.6. The van der Waals surface area contributed by atoms with Crippen molar-refractivity contribution in [1.82, 2.24) is 4.98 Å². The molecule has 0 fully saturated rings. The number of pyridine rings is 1. The molecule has 0 atom stereocenters. The molecule has 10 aromatic carbocycles. The molecule has 1 heterocycles. The van der Waals surface area contributed by atoms with Crippen LogP contribution in [0.1, 0.15) is 11.1 Å². The first-order chi connectivity index (χ1) is 30.6. The molecular weight excluding hydrogens is 751 g/mol. The molecule has 0 saturated carbocycles. The summed E-state index contributed by atoms with van der Waals surface area (Å²) in [6.07, 6.45) is 2.06. The molecule has 0 N–H and O–H groups in total. The molecule has 11 rings (SSSR count). The Morgan fingerprint density at radius 1 is 0.306 bits per heavy atom. The lowest BCUT2D eigenvalue weighted by Crippen LogP contribution is -2.11. The molecular formula is C59H43N3. The van der Waals surface area contributed by atoms with Crippen LogP contribution in [0, 0.1) is 13.8 Å². The van der Waals surface area contributed by atoms with Crippen molar-refractivity contribution < 1.29 is 0 Å². The lowest BCUT2D eigenvalue weighted by molar-refractivity contribution is 1.26. The van der Waals surface area contributed by atoms with E-state index in [-0.39, 0.29) is 0 Å². The topological polar surface area (TPSA) is 19.4 Å². The summed E-state index contributed by atoms with van der Waals surface area (Å²) in [5.74, 6) is 0. The molecule has 0 unspecified atom stereocenters. The second-order valence-electron chi connectivity index (χ2n) is 16.2. The Morgan fingerprint density at radius 2 is 0.774 bits per heavy atom. The molecule has 0 spiro atoms. The molecule has 11 aromatic rings. The van der Waals surface area contributed by atoms with E-state index in [9.17, 15) is 0 Å². The van der Waals surface area contributed by atoms with E-state index in [0.29, 0.717) is 0 Å². The minimum absolute atomic E-state index is 0.964. The zero-order chi connectivity index (χ0) is 41.6. The average molecular weight is 794 g/mol. The van der Waals surface area contributed by atoms with Gasteiger partial charge in [0.25, 0.3) is 0 Å². The summed E-state index contributed by atoms with van der Waals surface area (Å²) in [5, 5.41) is 8.24. The third-order valence-corrected chi connectivity index (χ3v) is 12.0. The maximum absolute atomic E-state index is 5.56. The van der Waals surface area contributed by atoms with Crippen molar-refractivity contribution >= 4 is 77.3 Å². The summed E-state index contributed by atoms with van der Waals surface area (Å²) in [6.45, 7) is 4.38. The van der Waals surface area contributed by atoms with Gasteiger partial charge in [0.05, 0.1) is 17.4 Å². The zero-order valence-corrected chi connectivity index (χ0v) is 34.7. The van der Waals surface area contributed by atoms with Crippen molar-refractivity contribution in [3.8, 4) is 22.3 Å². The highest BCUT2D eigenvalue weighted by molar-refractivity contribution is 6.21. The standard InChI is InChI=1S/C59H43N3/c1-40-32-41(2)34-47(33-40)58-55-37-52(61(48-22-8-4-9-23-48)50-28-26-42-16-12-14-20-45(42)35-50)30-31-54(55)57(44-18-6-3-7-19-44)56-38-53(39-60-59(56)58)62(49-24-10-5-11-25-49)51-29-27-43-17-13-15-21-46(43)36-51/h3-39H,1-2H3. The molecule has 1 aromatic heterocycles. The van der Waals surface area contributed by atoms with E-state index in [1.54, 1.807) is 0 Å². The van der Waals surface area contributed by atoms with Gasteiger partial charge in [-0.2, -0.15) is 0 Å². The molecule has 0 aliphatic heterocycles. The van der Waals surface area contributed by atoms with Crippen molar-refractivity contribution in [1.29, 1.82) is 0 Å². The van der Waals surface area contributed by atoms with Gasteiger partial charge < -0.3 is 9.80 Å². The van der Waals surface area contributed by atoms with Crippen LogP contribution >= 0.6 is 0 Å². The minimum atomic E-state index is 0.964. The minimum Gasteiger partial charge on any atom is -0.310 e. The number of hydrogen-bond acceptors (Lipinski definition) is 3. The van der Waals surface area contributed by atoms with E-state index >= 15 is 0 Å². The molecule has 0 amide bonds. The number of benzene rings is 10. The van der Waals surface area contributed by atoms with Crippen LogP contribution in [0.2, 0.25) is 0 Å². The summed E-state index contributed by atoms with van der Waals surface area (Å²) in [4.78, 5) is 10.3. The van der Waals surface area contributed by atoms with E-state index in [0.717, 1.165) is 72.7 Å². The molecule has 0 radical (unpaired) electrons. The van der Waals surface area contributed by atoms with Crippen LogP contribution in [0.4, 0.5) is 34.1 Å². The van der Waals surface area contributed by atoms with Crippen LogP contribution < -0.4 is 9.80 Å². The van der Waals surface area contributed by atoms with Gasteiger partial charge in [-0.15, -0.1) is 0 Å². The predicted molar refractivity (Wildman–Crippen MR) is 264 cm³/mol. The van der Waals surface area contributed by atoms with E-state index in [1.165, 1.54) is 38.1 Å². The summed E-state index contributed by atoms with van der Waals surface area (Å²) < 4.78 is 0. The third kappa shape index (κ3) is 6.70. The summed E-state index contributed by atoms with van der Waals surface area (Å²) >= 11 is 0. The van der Waals surface area contributed by atoms with E-state index < -0.39 is 0 Å². The lowest BCUT2D eigenvalue weighted by atomic mass is 9.86. The quantitative estimate of drug-likeness (QED) is 0.143. The Kier molecular flexibility index (Phi) is 9.28. The molecule has 0 aliphatic rings. The fraction of sp³-hybridized carbons (Fsp3) is 0.0339. The summed E-state index contributed by atoms with van der Waals surface area (Å²) in [7, 11) is 0. The molecule has 0 aliphatic carbocycles. The van der Waals surface area contributed by atoms with Crippen molar-refractivity contribution in [2.75, 3.05) is 9.80 Å². The summed E-state index contributed by atoms with van der Waals surface area (Å²) in [6, 6.07) is 79.0. The number of fused-ring (bicyclic) bond motifs is 4. The third-order valence-electron chi connectivity index (χ3n) is 12.0. The Morgan fingerprint density at radius 3 is 1.35 bits per heavy atom. The number of rotatable bonds is 8. The van der Waals surface area contributed by atoms with E-state index in [4.69, 9.17) is 4.98 Å². The first kappa shape index (κ1) is 37.0. The van der Waals surface area contributed by atoms with Crippen LogP contribution in [0.5, 0.6) is 0 Å². The van der Waals surface area contributed by atoms with E-state index in [2.05, 4.69) is 248 Å². The van der Waals surface area contributed by atoms with Gasteiger partial charge >= 0.3 is 0 Å². The van der Waals surface area contributed by atoms with Crippen molar-refractivity contribution in [2.24, 2.45) is 0 Å². The number of hydrogen-bond donors (Lipinski definition) is 0. The van der Waals surface area contributed by atoms with Gasteiger partial charge in [0, 0.05) is 39.4 Å². The van der Waals surface area contributed by atoms with E-state index in [1.807, 2.05) is 0 Å². The number of aromatic nitrogens is 1. The molecule has 294 valence electrons. The second kappa shape index (κ2) is 15.5. The first-order valence-corrected chi connectivity index (χ1v) is 21.3. The van der Waals surface area contributed by atoms with Gasteiger partial charge in [0.15, 0.2) is 0 Å². The van der Waals surface area contributed by atoms with Gasteiger partial charge in [-0.3, -0.25) is 4.98 Å². The highest BCUT2D eigenvalue weighted by Crippen LogP contribution is 2.48. The Hall–Kier alpha value is -8.01. The van der Waals surface area contributed by atoms with Gasteiger partial charge in [0.2, 0.25) is 0 Å². The van der Waals surface area contributed by atoms with Gasteiger partial charge in [-0.1, -0.05) is 163 Å². The van der Waals surface area contributed by atoms with Crippen LogP contribution in [0.15, 0.2) is 225 Å². The number of anilines is 6. The SMILES string of the molecule is Cc1cc(C)cc(-c2c3cc(N(c4ccccc4)c4ccc5ccccc5c4)ccc3c(-c3ccccc3)c3cc(N(c4ccccc4)c4ccc5ccccc5c4)cnc23)c1. The van der Waals surface area contributed by atoms with Crippen molar-refractivity contribution in [2.45, 2.75) is 13.8 Å². The molecule has 62 heavy (non-hydrogen) atoms. The zero-order valence-electron chi connectivity index (χ0n) is 34.7. The maximum Gasteiger partial charge on any atom is 0.0794 e. The molecule has 3 nitrogen and oxygen atoms in total. The second-order valence-corrected chi connectivity index (χ2v) is 16.2.